The number of amides is 2. The van der Waals surface area contributed by atoms with Crippen LogP contribution < -0.4 is 0 Å². The van der Waals surface area contributed by atoms with Gasteiger partial charge in [-0.25, -0.2) is 4.79 Å². The summed E-state index contributed by atoms with van der Waals surface area (Å²) in [5.74, 6) is -1.31. The molecule has 1 aliphatic heterocycles. The minimum absolute atomic E-state index is 0.0378. The zero-order chi connectivity index (χ0) is 13.8. The second-order valence-electron chi connectivity index (χ2n) is 3.77. The van der Waals surface area contributed by atoms with Crippen LogP contribution in [0.4, 0.5) is 9.18 Å². The van der Waals surface area contributed by atoms with Crippen LogP contribution in [0.1, 0.15) is 24.8 Å². The number of alkyl halides is 1. The summed E-state index contributed by atoms with van der Waals surface area (Å²) in [6, 6.07) is 7.67. The number of rotatable bonds is 3. The number of imide groups is 1. The van der Waals surface area contributed by atoms with Crippen molar-refractivity contribution in [2.75, 3.05) is 0 Å². The molecule has 1 aromatic carbocycles. The summed E-state index contributed by atoms with van der Waals surface area (Å²) in [6.07, 6.45) is -3.55. The molecule has 1 fully saturated rings. The molecule has 1 heterocycles. The Hall–Kier alpha value is -2.44. The molecule has 6 nitrogen and oxygen atoms in total. The van der Waals surface area contributed by atoms with Crippen LogP contribution in [-0.4, -0.2) is 23.0 Å². The minimum Gasteiger partial charge on any atom is -0.394 e. The molecule has 100 valence electrons. The highest BCUT2D eigenvalue weighted by atomic mass is 19.1. The molecule has 2 amide bonds. The summed E-state index contributed by atoms with van der Waals surface area (Å²) >= 11 is 0. The van der Waals surface area contributed by atoms with Crippen LogP contribution in [0.2, 0.25) is 0 Å². The average Bonchev–Trinajstić information content (AvgIpc) is 2.71. The highest BCUT2D eigenvalue weighted by Crippen LogP contribution is 2.20. The predicted octanol–water partition coefficient (Wildman–Crippen LogP) is 1.87. The highest BCUT2D eigenvalue weighted by Gasteiger charge is 2.34. The fraction of sp³-hybridized carbons (Fsp3) is 0.250. The highest BCUT2D eigenvalue weighted by molar-refractivity contribution is 6.01. The molecule has 0 saturated carbocycles. The normalized spacial score (nSPS) is 16.4. The summed E-state index contributed by atoms with van der Waals surface area (Å²) in [6.45, 7) is 0. The Morgan fingerprint density at radius 1 is 1.16 bits per heavy atom. The third-order valence-corrected chi connectivity index (χ3v) is 2.43. The molecule has 0 aliphatic carbocycles. The molecule has 1 unspecified atom stereocenters. The van der Waals surface area contributed by atoms with Crippen LogP contribution >= 0.6 is 0 Å². The molecule has 2 rings (SSSR count). The SMILES string of the molecule is O=C(OC(F)c1ccccc1)ON1C(=O)CCC1=O. The first-order valence-electron chi connectivity index (χ1n) is 5.51. The summed E-state index contributed by atoms with van der Waals surface area (Å²) < 4.78 is 17.9. The largest absolute Gasteiger partial charge is 0.536 e. The van der Waals surface area contributed by atoms with Crippen LogP contribution in [0, 0.1) is 0 Å². The summed E-state index contributed by atoms with van der Waals surface area (Å²) in [5.41, 5.74) is 0.124. The van der Waals surface area contributed by atoms with Gasteiger partial charge in [-0.3, -0.25) is 14.4 Å². The monoisotopic (exact) mass is 267 g/mol. The Morgan fingerprint density at radius 2 is 1.74 bits per heavy atom. The lowest BCUT2D eigenvalue weighted by Gasteiger charge is -2.14. The van der Waals surface area contributed by atoms with E-state index in [2.05, 4.69) is 9.57 Å². The number of hydrogen-bond acceptors (Lipinski definition) is 5. The van der Waals surface area contributed by atoms with Crippen molar-refractivity contribution in [3.63, 3.8) is 0 Å². The van der Waals surface area contributed by atoms with Crippen LogP contribution in [0.15, 0.2) is 30.3 Å². The number of halogens is 1. The van der Waals surface area contributed by atoms with Crippen molar-refractivity contribution in [2.45, 2.75) is 19.2 Å². The van der Waals surface area contributed by atoms with Gasteiger partial charge in [0.05, 0.1) is 0 Å². The average molecular weight is 267 g/mol. The second-order valence-corrected chi connectivity index (χ2v) is 3.77. The standard InChI is InChI=1S/C12H10FNO5/c13-11(8-4-2-1-3-5-8)18-12(17)19-14-9(15)6-7-10(14)16/h1-5,11H,6-7H2. The second kappa shape index (κ2) is 5.47. The lowest BCUT2D eigenvalue weighted by Crippen LogP contribution is -2.32. The van der Waals surface area contributed by atoms with Crippen LogP contribution in [-0.2, 0) is 19.2 Å². The molecule has 1 atom stereocenters. The first-order valence-corrected chi connectivity index (χ1v) is 5.51. The molecule has 0 bridgehead atoms. The summed E-state index contributed by atoms with van der Waals surface area (Å²) in [4.78, 5) is 37.9. The van der Waals surface area contributed by atoms with Gasteiger partial charge in [-0.2, -0.15) is 4.39 Å². The van der Waals surface area contributed by atoms with Crippen molar-refractivity contribution in [3.05, 3.63) is 35.9 Å². The van der Waals surface area contributed by atoms with E-state index < -0.39 is 24.3 Å². The fourth-order valence-electron chi connectivity index (χ4n) is 1.51. The van der Waals surface area contributed by atoms with E-state index in [1.165, 1.54) is 12.1 Å². The topological polar surface area (TPSA) is 72.9 Å². The molecule has 1 saturated heterocycles. The number of hydrogen-bond donors (Lipinski definition) is 0. The Bertz CT molecular complexity index is 488. The quantitative estimate of drug-likeness (QED) is 0.617. The Morgan fingerprint density at radius 3 is 2.32 bits per heavy atom. The van der Waals surface area contributed by atoms with Gasteiger partial charge in [0.2, 0.25) is 0 Å². The molecular formula is C12H10FNO5. The number of hydroxylamine groups is 2. The van der Waals surface area contributed by atoms with Gasteiger partial charge in [-0.1, -0.05) is 35.4 Å². The fourth-order valence-corrected chi connectivity index (χ4v) is 1.51. The minimum atomic E-state index is -2.03. The molecule has 0 spiro atoms. The van der Waals surface area contributed by atoms with Gasteiger partial charge in [-0.15, -0.1) is 0 Å². The van der Waals surface area contributed by atoms with Crippen LogP contribution in [0.25, 0.3) is 0 Å². The Labute approximate surface area is 107 Å². The van der Waals surface area contributed by atoms with Gasteiger partial charge in [-0.05, 0) is 0 Å². The number of carbonyl (C=O) groups excluding carboxylic acids is 3. The number of ether oxygens (including phenoxy) is 1. The van der Waals surface area contributed by atoms with Crippen molar-refractivity contribution in [1.82, 2.24) is 5.06 Å². The third-order valence-electron chi connectivity index (χ3n) is 2.43. The summed E-state index contributed by atoms with van der Waals surface area (Å²) in [5, 5.41) is 0.292. The first-order chi connectivity index (χ1) is 9.08. The van der Waals surface area contributed by atoms with E-state index in [1.807, 2.05) is 0 Å². The van der Waals surface area contributed by atoms with Gasteiger partial charge in [0.1, 0.15) is 0 Å². The zero-order valence-electron chi connectivity index (χ0n) is 9.74. The van der Waals surface area contributed by atoms with Crippen molar-refractivity contribution in [3.8, 4) is 0 Å². The molecule has 19 heavy (non-hydrogen) atoms. The molecule has 0 radical (unpaired) electrons. The van der Waals surface area contributed by atoms with Crippen LogP contribution in [0.3, 0.4) is 0 Å². The smallest absolute Gasteiger partial charge is 0.394 e. The van der Waals surface area contributed by atoms with Crippen molar-refractivity contribution in [1.29, 1.82) is 0 Å². The van der Waals surface area contributed by atoms with Gasteiger partial charge >= 0.3 is 6.16 Å². The van der Waals surface area contributed by atoms with E-state index in [1.54, 1.807) is 18.2 Å². The zero-order valence-corrected chi connectivity index (χ0v) is 9.74. The predicted molar refractivity (Wildman–Crippen MR) is 58.9 cm³/mol. The van der Waals surface area contributed by atoms with Gasteiger partial charge in [0.15, 0.2) is 0 Å². The molecule has 0 aromatic heterocycles. The lowest BCUT2D eigenvalue weighted by atomic mass is 10.2. The maximum atomic E-state index is 13.5. The van der Waals surface area contributed by atoms with E-state index in [4.69, 9.17) is 0 Å². The van der Waals surface area contributed by atoms with E-state index >= 15 is 0 Å². The van der Waals surface area contributed by atoms with Gasteiger partial charge in [0, 0.05) is 18.4 Å². The lowest BCUT2D eigenvalue weighted by molar-refractivity contribution is -0.181. The third kappa shape index (κ3) is 3.06. The van der Waals surface area contributed by atoms with Gasteiger partial charge < -0.3 is 4.74 Å². The molecule has 7 heteroatoms. The summed E-state index contributed by atoms with van der Waals surface area (Å²) in [7, 11) is 0. The first kappa shape index (κ1) is 13.0. The van der Waals surface area contributed by atoms with Gasteiger partial charge in [0.25, 0.3) is 18.2 Å². The Kier molecular flexibility index (Phi) is 3.74. The Balaban J connectivity index is 1.91. The number of benzene rings is 1. The molecule has 1 aromatic rings. The maximum Gasteiger partial charge on any atom is 0.536 e. The van der Waals surface area contributed by atoms with E-state index in [-0.39, 0.29) is 18.4 Å². The van der Waals surface area contributed by atoms with Crippen LogP contribution in [0.5, 0.6) is 0 Å². The number of nitrogens with zero attached hydrogens (tertiary/aromatic N) is 1. The molecule has 1 aliphatic rings. The van der Waals surface area contributed by atoms with E-state index in [0.29, 0.717) is 5.06 Å². The van der Waals surface area contributed by atoms with E-state index in [0.717, 1.165) is 0 Å². The maximum absolute atomic E-state index is 13.5. The number of carbonyl (C=O) groups is 3. The molecule has 0 N–H and O–H groups in total. The van der Waals surface area contributed by atoms with E-state index in [9.17, 15) is 18.8 Å². The van der Waals surface area contributed by atoms with Crippen molar-refractivity contribution in [2.24, 2.45) is 0 Å². The van der Waals surface area contributed by atoms with Crippen molar-refractivity contribution < 1.29 is 28.3 Å². The molecular weight excluding hydrogens is 257 g/mol. The van der Waals surface area contributed by atoms with Crippen molar-refractivity contribution >= 4 is 18.0 Å².